The summed E-state index contributed by atoms with van der Waals surface area (Å²) in [7, 11) is 3.64. The summed E-state index contributed by atoms with van der Waals surface area (Å²) >= 11 is 0. The zero-order valence-corrected chi connectivity index (χ0v) is 41.4. The first kappa shape index (κ1) is 50.6. The maximum Gasteiger partial charge on any atom is 0.243 e. The topological polar surface area (TPSA) is 174 Å². The van der Waals surface area contributed by atoms with E-state index in [0.29, 0.717) is 80.1 Å². The number of aliphatic hydroxyl groups excluding tert-OH is 3. The Labute approximate surface area is 411 Å². The Balaban J connectivity index is 1.17. The molecule has 0 radical (unpaired) electrons. The molecule has 1 spiro atoms. The van der Waals surface area contributed by atoms with Gasteiger partial charge in [-0.2, -0.15) is 0 Å². The highest BCUT2D eigenvalue weighted by molar-refractivity contribution is 8.76. The highest BCUT2D eigenvalue weighted by Gasteiger charge is 2.64. The zero-order valence-electron chi connectivity index (χ0n) is 39.8. The molecule has 8 N–H and O–H groups in total. The Bertz CT molecular complexity index is 2400. The van der Waals surface area contributed by atoms with Crippen LogP contribution in [-0.2, 0) is 33.6 Å². The molecule has 2 fully saturated rings. The number of hydrogen-bond acceptors (Lipinski definition) is 11. The molecule has 6 aliphatic rings. The summed E-state index contributed by atoms with van der Waals surface area (Å²) in [4.78, 5) is 28.5. The number of amides is 1. The van der Waals surface area contributed by atoms with E-state index in [-0.39, 0.29) is 43.3 Å². The minimum absolute atomic E-state index is 0.0118. The van der Waals surface area contributed by atoms with Gasteiger partial charge in [-0.15, -0.1) is 0 Å². The van der Waals surface area contributed by atoms with Crippen molar-refractivity contribution in [3.8, 4) is 11.8 Å². The largest absolute Gasteiger partial charge is 0.393 e. The lowest BCUT2D eigenvalue weighted by Crippen LogP contribution is -2.59. The molecule has 10 atom stereocenters. The van der Waals surface area contributed by atoms with E-state index >= 15 is 0 Å². The summed E-state index contributed by atoms with van der Waals surface area (Å²) in [6.07, 6.45) is 12.7. The molecular weight excluding hydrogens is 891 g/mol. The molecule has 0 unspecified atom stereocenters. The van der Waals surface area contributed by atoms with E-state index in [4.69, 9.17) is 10.5 Å². The molecule has 68 heavy (non-hydrogen) atoms. The molecule has 2 aromatic carbocycles. The summed E-state index contributed by atoms with van der Waals surface area (Å²) in [5.41, 5.74) is 13.0. The normalized spacial score (nSPS) is 36.8. The number of fused-ring (bicyclic) bond motifs is 7. The van der Waals surface area contributed by atoms with Gasteiger partial charge in [-0.05, 0) is 136 Å². The SMILES string of the molecule is C=C1/C=C/C=C(\[C@H]2CC[C@@]3([C@@H]4CC[C@H](O)Cc5cccc(c5)CC[C@@H](O)CN[C@H]5C(=O)N[C@H](N)c6cccc(c65)CC(=O)/C(C)=C/4CC[C@@]3(C)O)[C@@H]2O)CO[C@@H]2C#CC/C(=C\CC1)CCSSC2. The number of carbonyl (C=O) groups excluding carboxylic acids is 2. The van der Waals surface area contributed by atoms with Gasteiger partial charge in [0.1, 0.15) is 18.3 Å². The van der Waals surface area contributed by atoms with Gasteiger partial charge in [-0.25, -0.2) is 0 Å². The monoisotopic (exact) mass is 961 g/mol. The predicted octanol–water partition coefficient (Wildman–Crippen LogP) is 7.76. The van der Waals surface area contributed by atoms with Gasteiger partial charge in [-0.3, -0.25) is 14.9 Å². The lowest BCUT2D eigenvalue weighted by atomic mass is 9.52. The van der Waals surface area contributed by atoms with Gasteiger partial charge in [0, 0.05) is 42.2 Å². The second-order valence-corrected chi connectivity index (χ2v) is 22.8. The number of ketones is 1. The minimum atomic E-state index is -1.30. The summed E-state index contributed by atoms with van der Waals surface area (Å²) in [6, 6.07) is 12.9. The molecule has 2 saturated carbocycles. The molecule has 2 aromatic rings. The van der Waals surface area contributed by atoms with Crippen LogP contribution < -0.4 is 16.4 Å². The number of ether oxygens (including phenoxy) is 1. The number of β-amino-alcohol motifs (C(OH)–C–C–N with tert-alkyl or cyclic N) is 1. The number of hydrogen-bond donors (Lipinski definition) is 7. The van der Waals surface area contributed by atoms with E-state index in [1.165, 1.54) is 5.57 Å². The molecule has 4 heterocycles. The summed E-state index contributed by atoms with van der Waals surface area (Å²) in [5, 5.41) is 55.1. The van der Waals surface area contributed by atoms with Crippen LogP contribution in [0.2, 0.25) is 0 Å². The predicted molar refractivity (Wildman–Crippen MR) is 273 cm³/mol. The van der Waals surface area contributed by atoms with Crippen molar-refractivity contribution >= 4 is 33.3 Å². The Morgan fingerprint density at radius 3 is 2.63 bits per heavy atom. The van der Waals surface area contributed by atoms with Crippen molar-refractivity contribution in [1.29, 1.82) is 0 Å². The summed E-state index contributed by atoms with van der Waals surface area (Å²) in [5.74, 6) is 7.36. The van der Waals surface area contributed by atoms with Crippen molar-refractivity contribution < 1.29 is 34.8 Å². The fraction of sp³-hybridized carbons (Fsp3) is 0.536. The molecule has 0 saturated heterocycles. The quantitative estimate of drug-likeness (QED) is 0.0846. The number of aryl methyl sites for hydroxylation is 1. The third kappa shape index (κ3) is 11.4. The number of rotatable bonds is 1. The van der Waals surface area contributed by atoms with Crippen LogP contribution in [0.1, 0.15) is 125 Å². The Hall–Kier alpha value is -3.74. The standard InChI is InChI=1S/C56H71N3O7S2/c1-35-9-4-11-37-12-7-17-44(34-68-67-28-25-37)66-33-41(16-5-10-35)46-24-27-56(52(46)63)48-22-21-42(60)30-39-14-6-13-38(29-39)19-20-43(61)32-58-51-50-40(15-8-18-47(50)53(57)59-54(51)64)31-49(62)36(2)45(48)23-26-55(56,3)65/h5-6,8,10-11,13-16,18,29,42-44,46,48,51-53,58,60-61,63,65H,1,4,9,12,19-28,30-34,57H2,2-3H3,(H,59,64)/b10-5+,37-11+,41-16-,45-36+/t42-,43+,44+,46+,48+,51+,52+,53-,55+,56+/m0/s1. The number of carbonyl (C=O) groups is 2. The summed E-state index contributed by atoms with van der Waals surface area (Å²) in [6.45, 7) is 8.50. The lowest BCUT2D eigenvalue weighted by molar-refractivity contribution is -0.168. The van der Waals surface area contributed by atoms with Gasteiger partial charge in [0.05, 0.1) is 30.5 Å². The van der Waals surface area contributed by atoms with Gasteiger partial charge in [0.25, 0.3) is 0 Å². The van der Waals surface area contributed by atoms with Crippen LogP contribution >= 0.6 is 21.6 Å². The first-order valence-corrected chi connectivity index (χ1v) is 27.3. The molecule has 4 bridgehead atoms. The molecular formula is C56H71N3O7S2. The number of benzene rings is 2. The van der Waals surface area contributed by atoms with E-state index in [2.05, 4.69) is 47.3 Å². The first-order chi connectivity index (χ1) is 32.7. The molecule has 364 valence electrons. The molecule has 1 amide bonds. The average molecular weight is 962 g/mol. The zero-order chi connectivity index (χ0) is 48.0. The van der Waals surface area contributed by atoms with Gasteiger partial charge < -0.3 is 36.2 Å². The van der Waals surface area contributed by atoms with Gasteiger partial charge in [-0.1, -0.05) is 123 Å². The van der Waals surface area contributed by atoms with Crippen LogP contribution in [0.4, 0.5) is 0 Å². The molecule has 2 aliphatic carbocycles. The van der Waals surface area contributed by atoms with E-state index in [1.54, 1.807) is 10.8 Å². The number of aliphatic hydroxyl groups is 4. The minimum Gasteiger partial charge on any atom is -0.393 e. The molecule has 4 aliphatic heterocycles. The van der Waals surface area contributed by atoms with Crippen molar-refractivity contribution in [2.24, 2.45) is 23.0 Å². The van der Waals surface area contributed by atoms with Gasteiger partial charge >= 0.3 is 0 Å². The van der Waals surface area contributed by atoms with Crippen molar-refractivity contribution in [3.05, 3.63) is 129 Å². The fourth-order valence-corrected chi connectivity index (χ4v) is 14.1. The van der Waals surface area contributed by atoms with Crippen LogP contribution in [0, 0.1) is 29.1 Å². The van der Waals surface area contributed by atoms with Crippen LogP contribution in [-0.4, -0.2) is 86.8 Å². The van der Waals surface area contributed by atoms with Crippen LogP contribution in [0.15, 0.2) is 101 Å². The van der Waals surface area contributed by atoms with Gasteiger partial charge in [0.15, 0.2) is 5.78 Å². The molecule has 10 nitrogen and oxygen atoms in total. The molecule has 12 heteroatoms. The molecule has 0 aromatic heterocycles. The second-order valence-electron chi connectivity index (χ2n) is 20.2. The number of nitrogens with one attached hydrogen (secondary N) is 2. The number of Topliss-reactive ketones (excluding diaryl/α,β-unsaturated/α-hetero) is 1. The Morgan fingerprint density at radius 2 is 1.78 bits per heavy atom. The Morgan fingerprint density at radius 1 is 0.956 bits per heavy atom. The maximum atomic E-state index is 14.9. The van der Waals surface area contributed by atoms with Crippen molar-refractivity contribution in [1.82, 2.24) is 10.6 Å². The third-order valence-electron chi connectivity index (χ3n) is 15.8. The average Bonchev–Trinajstić information content (AvgIpc) is 3.65. The number of nitrogens with two attached hydrogens (primary N) is 1. The lowest BCUT2D eigenvalue weighted by Gasteiger charge is -2.56. The second kappa shape index (κ2) is 22.6. The van der Waals surface area contributed by atoms with Crippen LogP contribution in [0.3, 0.4) is 0 Å². The number of allylic oxidation sites excluding steroid dienone is 8. The maximum absolute atomic E-state index is 14.9. The van der Waals surface area contributed by atoms with Crippen molar-refractivity contribution in [2.45, 2.75) is 146 Å². The van der Waals surface area contributed by atoms with Gasteiger partial charge in [0.2, 0.25) is 5.91 Å². The third-order valence-corrected chi connectivity index (χ3v) is 18.2. The van der Waals surface area contributed by atoms with Crippen LogP contribution in [0.5, 0.6) is 0 Å². The first-order valence-electron chi connectivity index (χ1n) is 24.8. The highest BCUT2D eigenvalue weighted by atomic mass is 33.1. The van der Waals surface area contributed by atoms with E-state index in [0.717, 1.165) is 65.0 Å². The van der Waals surface area contributed by atoms with Crippen molar-refractivity contribution in [2.75, 3.05) is 24.7 Å². The smallest absolute Gasteiger partial charge is 0.243 e. The summed E-state index contributed by atoms with van der Waals surface area (Å²) < 4.78 is 6.66. The Kier molecular flexibility index (Phi) is 16.8. The van der Waals surface area contributed by atoms with E-state index in [1.807, 2.05) is 73.2 Å². The van der Waals surface area contributed by atoms with E-state index in [9.17, 15) is 30.0 Å². The van der Waals surface area contributed by atoms with Crippen molar-refractivity contribution in [3.63, 3.8) is 0 Å². The highest BCUT2D eigenvalue weighted by Crippen LogP contribution is 2.63. The fourth-order valence-electron chi connectivity index (χ4n) is 12.0. The van der Waals surface area contributed by atoms with E-state index < -0.39 is 47.5 Å². The van der Waals surface area contributed by atoms with Crippen LogP contribution in [0.25, 0.3) is 0 Å². The molecule has 8 rings (SSSR count).